The molecule has 0 bridgehead atoms. The molecule has 5 rings (SSSR count). The Balaban J connectivity index is 1.33. The van der Waals surface area contributed by atoms with Gasteiger partial charge in [0.2, 0.25) is 23.1 Å². The molecule has 0 radical (unpaired) electrons. The number of ketones is 2. The van der Waals surface area contributed by atoms with Gasteiger partial charge in [-0.15, -0.1) is 0 Å². The molecule has 194 valence electrons. The Morgan fingerprint density at radius 3 is 2.54 bits per heavy atom. The number of hydrogen-bond acceptors (Lipinski definition) is 8. The number of carbonyl (C=O) groups is 3. The number of methoxy groups -OCH3 is 3. The summed E-state index contributed by atoms with van der Waals surface area (Å²) in [4.78, 5) is 39.6. The lowest BCUT2D eigenvalue weighted by Crippen LogP contribution is -2.55. The molecule has 37 heavy (non-hydrogen) atoms. The molecule has 1 aliphatic carbocycles. The van der Waals surface area contributed by atoms with E-state index in [1.54, 1.807) is 20.1 Å². The largest absolute Gasteiger partial charge is 0.497 e. The van der Waals surface area contributed by atoms with Gasteiger partial charge in [0.15, 0.2) is 5.75 Å². The molecule has 9 nitrogen and oxygen atoms in total. The fourth-order valence-electron chi connectivity index (χ4n) is 5.35. The number of halogens is 1. The van der Waals surface area contributed by atoms with Gasteiger partial charge in [-0.2, -0.15) is 0 Å². The summed E-state index contributed by atoms with van der Waals surface area (Å²) in [7, 11) is 4.45. The number of allylic oxidation sites excluding steroid dienone is 1. The highest BCUT2D eigenvalue weighted by atomic mass is 35.5. The molecule has 1 amide bonds. The first-order valence-corrected chi connectivity index (χ1v) is 12.3. The van der Waals surface area contributed by atoms with Gasteiger partial charge in [-0.1, -0.05) is 18.5 Å². The van der Waals surface area contributed by atoms with Crippen LogP contribution in [0.3, 0.4) is 0 Å². The summed E-state index contributed by atoms with van der Waals surface area (Å²) in [5.41, 5.74) is 0.754. The van der Waals surface area contributed by atoms with Crippen LogP contribution >= 0.6 is 11.6 Å². The predicted molar refractivity (Wildman–Crippen MR) is 136 cm³/mol. The van der Waals surface area contributed by atoms with Gasteiger partial charge in [-0.25, -0.2) is 0 Å². The van der Waals surface area contributed by atoms with E-state index >= 15 is 0 Å². The first-order valence-electron chi connectivity index (χ1n) is 11.9. The minimum Gasteiger partial charge on any atom is -0.497 e. The van der Waals surface area contributed by atoms with Crippen LogP contribution in [0.2, 0.25) is 5.02 Å². The van der Waals surface area contributed by atoms with E-state index in [-0.39, 0.29) is 39.7 Å². The van der Waals surface area contributed by atoms with Crippen molar-refractivity contribution < 1.29 is 33.3 Å². The third-order valence-corrected chi connectivity index (χ3v) is 7.66. The summed E-state index contributed by atoms with van der Waals surface area (Å²) in [5.74, 6) is -0.553. The Hall–Kier alpha value is -3.72. The highest BCUT2D eigenvalue weighted by Gasteiger charge is 2.60. The first-order chi connectivity index (χ1) is 17.7. The van der Waals surface area contributed by atoms with Gasteiger partial charge < -0.3 is 29.6 Å². The number of nitrogens with one attached hydrogen (secondary N) is 2. The molecule has 0 saturated heterocycles. The van der Waals surface area contributed by atoms with Crippen molar-refractivity contribution in [3.8, 4) is 23.0 Å². The average Bonchev–Trinajstić information content (AvgIpc) is 3.37. The van der Waals surface area contributed by atoms with Gasteiger partial charge >= 0.3 is 0 Å². The Kier molecular flexibility index (Phi) is 6.27. The van der Waals surface area contributed by atoms with Crippen molar-refractivity contribution in [2.75, 3.05) is 33.2 Å². The monoisotopic (exact) mass is 526 g/mol. The van der Waals surface area contributed by atoms with Gasteiger partial charge in [-0.3, -0.25) is 14.4 Å². The van der Waals surface area contributed by atoms with Crippen molar-refractivity contribution in [1.82, 2.24) is 5.32 Å². The molecule has 2 N–H and O–H groups in total. The molecule has 2 aliphatic heterocycles. The number of amides is 1. The second-order valence-electron chi connectivity index (χ2n) is 9.32. The topological polar surface area (TPSA) is 112 Å². The second kappa shape index (κ2) is 9.30. The molecule has 2 heterocycles. The first kappa shape index (κ1) is 25.0. The number of carbonyl (C=O) groups excluding carboxylic acids is 3. The van der Waals surface area contributed by atoms with Crippen molar-refractivity contribution in [2.45, 2.75) is 31.3 Å². The van der Waals surface area contributed by atoms with Crippen molar-refractivity contribution in [1.29, 1.82) is 0 Å². The van der Waals surface area contributed by atoms with Gasteiger partial charge in [0.1, 0.15) is 27.8 Å². The number of rotatable bonds is 7. The summed E-state index contributed by atoms with van der Waals surface area (Å²) in [6.07, 6.45) is 2.32. The zero-order valence-electron chi connectivity index (χ0n) is 20.9. The molecule has 0 fully saturated rings. The highest BCUT2D eigenvalue weighted by Crippen LogP contribution is 2.53. The molecule has 2 aromatic carbocycles. The molecule has 1 spiro atoms. The minimum absolute atomic E-state index is 0.0740. The van der Waals surface area contributed by atoms with E-state index in [1.807, 2.05) is 12.1 Å². The fourth-order valence-corrected chi connectivity index (χ4v) is 5.61. The Labute approximate surface area is 219 Å². The maximum Gasteiger partial charge on any atom is 0.236 e. The number of benzene rings is 2. The van der Waals surface area contributed by atoms with Gasteiger partial charge in [0.05, 0.1) is 27.2 Å². The number of fused-ring (bicyclic) bond motifs is 2. The average molecular weight is 527 g/mol. The van der Waals surface area contributed by atoms with Crippen molar-refractivity contribution in [2.24, 2.45) is 5.92 Å². The minimum atomic E-state index is -1.72. The lowest BCUT2D eigenvalue weighted by Gasteiger charge is -2.35. The van der Waals surface area contributed by atoms with E-state index in [1.165, 1.54) is 26.4 Å². The molecular weight excluding hydrogens is 500 g/mol. The number of hydrogen-bond donors (Lipinski definition) is 2. The zero-order chi connectivity index (χ0) is 26.5. The van der Waals surface area contributed by atoms with Crippen LogP contribution in [0, 0.1) is 5.92 Å². The SMILES string of the molecule is COc1ccc2c(c1)C(CCNC1=CC(=O)[C@@]3(Oc4c(Cl)c(OC)cc(OC)c4C3=O)[C@H](C)C1)C(=O)N2. The molecule has 2 aromatic rings. The number of ether oxygens (including phenoxy) is 4. The highest BCUT2D eigenvalue weighted by molar-refractivity contribution is 6.36. The van der Waals surface area contributed by atoms with E-state index in [2.05, 4.69) is 10.6 Å². The lowest BCUT2D eigenvalue weighted by atomic mass is 9.74. The van der Waals surface area contributed by atoms with Crippen molar-refractivity contribution >= 4 is 34.8 Å². The van der Waals surface area contributed by atoms with Crippen LogP contribution in [0.25, 0.3) is 0 Å². The third kappa shape index (κ3) is 3.80. The van der Waals surface area contributed by atoms with Crippen molar-refractivity contribution in [3.05, 3.63) is 52.2 Å². The number of Topliss-reactive ketones (excluding diaryl/α,β-unsaturated/α-hetero) is 1. The number of anilines is 1. The van der Waals surface area contributed by atoms with Crippen LogP contribution in [-0.2, 0) is 9.59 Å². The Bertz CT molecular complexity index is 1350. The van der Waals surface area contributed by atoms with E-state index in [0.717, 1.165) is 11.3 Å². The maximum atomic E-state index is 13.6. The molecule has 1 unspecified atom stereocenters. The smallest absolute Gasteiger partial charge is 0.236 e. The maximum absolute atomic E-state index is 13.6. The van der Waals surface area contributed by atoms with Crippen LogP contribution in [0.4, 0.5) is 5.69 Å². The summed E-state index contributed by atoms with van der Waals surface area (Å²) < 4.78 is 22.0. The summed E-state index contributed by atoms with van der Waals surface area (Å²) in [6, 6.07) is 7.01. The summed E-state index contributed by atoms with van der Waals surface area (Å²) in [6.45, 7) is 2.25. The Morgan fingerprint density at radius 1 is 1.11 bits per heavy atom. The van der Waals surface area contributed by atoms with E-state index in [9.17, 15) is 14.4 Å². The molecule has 3 aliphatic rings. The van der Waals surface area contributed by atoms with Crippen LogP contribution < -0.4 is 29.6 Å². The van der Waals surface area contributed by atoms with Crippen LogP contribution in [0.5, 0.6) is 23.0 Å². The van der Waals surface area contributed by atoms with Crippen LogP contribution in [-0.4, -0.2) is 50.9 Å². The molecule has 10 heteroatoms. The molecule has 3 atom stereocenters. The molecule has 0 saturated carbocycles. The van der Waals surface area contributed by atoms with Gasteiger partial charge in [0.25, 0.3) is 0 Å². The fraction of sp³-hybridized carbons (Fsp3) is 0.370. The van der Waals surface area contributed by atoms with E-state index in [0.29, 0.717) is 30.8 Å². The van der Waals surface area contributed by atoms with E-state index < -0.39 is 23.1 Å². The predicted octanol–water partition coefficient (Wildman–Crippen LogP) is 3.89. The lowest BCUT2D eigenvalue weighted by molar-refractivity contribution is -0.129. The van der Waals surface area contributed by atoms with Gasteiger partial charge in [0, 0.05) is 36.0 Å². The van der Waals surface area contributed by atoms with Crippen LogP contribution in [0.1, 0.15) is 41.6 Å². The van der Waals surface area contributed by atoms with Crippen molar-refractivity contribution in [3.63, 3.8) is 0 Å². The molecular formula is C27H27ClN2O7. The zero-order valence-corrected chi connectivity index (χ0v) is 21.7. The Morgan fingerprint density at radius 2 is 1.86 bits per heavy atom. The summed E-state index contributed by atoms with van der Waals surface area (Å²) in [5, 5.41) is 6.28. The summed E-state index contributed by atoms with van der Waals surface area (Å²) >= 11 is 6.44. The van der Waals surface area contributed by atoms with Gasteiger partial charge in [-0.05, 0) is 36.6 Å². The van der Waals surface area contributed by atoms with E-state index in [4.69, 9.17) is 30.5 Å². The standard InChI is InChI=1S/C27H27ClN2O7/c1-13-9-14(29-8-7-16-17-11-15(34-2)5-6-18(17)30-26(16)33)10-21(31)27(13)25(32)22-19(35-3)12-20(36-4)23(28)24(22)37-27/h5-6,10-13,16,29H,7-9H2,1-4H3,(H,30,33)/t13-,16?,27+/m1/s1. The third-order valence-electron chi connectivity index (χ3n) is 7.30. The second-order valence-corrected chi connectivity index (χ2v) is 9.69. The van der Waals surface area contributed by atoms with Crippen LogP contribution in [0.15, 0.2) is 36.0 Å². The normalized spacial score (nSPS) is 23.7. The quantitative estimate of drug-likeness (QED) is 0.523. The molecule has 0 aromatic heterocycles.